The molecule has 2 heterocycles. The summed E-state index contributed by atoms with van der Waals surface area (Å²) < 4.78 is 6.31. The number of aromatic nitrogens is 3. The van der Waals surface area contributed by atoms with Crippen LogP contribution in [-0.2, 0) is 0 Å². The molecule has 4 heteroatoms. The molecule has 0 aliphatic rings. The summed E-state index contributed by atoms with van der Waals surface area (Å²) in [5, 5.41) is 2.17. The van der Waals surface area contributed by atoms with Gasteiger partial charge in [0.05, 0.1) is 0 Å². The maximum absolute atomic E-state index is 6.31. The number of benzene rings is 8. The van der Waals surface area contributed by atoms with E-state index in [1.807, 2.05) is 36.4 Å². The molecule has 0 fully saturated rings. The largest absolute Gasteiger partial charge is 0.456 e. The van der Waals surface area contributed by atoms with Crippen molar-refractivity contribution in [2.75, 3.05) is 0 Å². The smallest absolute Gasteiger partial charge is 0.164 e. The summed E-state index contributed by atoms with van der Waals surface area (Å²) in [6.07, 6.45) is 0. The third-order valence-electron chi connectivity index (χ3n) is 10.1. The van der Waals surface area contributed by atoms with Crippen molar-refractivity contribution in [1.82, 2.24) is 15.0 Å². The first-order chi connectivity index (χ1) is 27.2. The summed E-state index contributed by atoms with van der Waals surface area (Å²) in [5.74, 6) is 1.82. The second-order valence-electron chi connectivity index (χ2n) is 13.6. The SMILES string of the molecule is c1ccc(-c2ccc(-c3nc(-c4ccc(-c5ccccc5)cc4)nc(-c4cc(-c5ccccc5)cc(-c5cccc6oc7ccccc7c56)c4)n3)cc2)cc1. The van der Waals surface area contributed by atoms with Crippen LogP contribution in [0, 0.1) is 0 Å². The molecule has 0 aliphatic carbocycles. The first kappa shape index (κ1) is 32.2. The van der Waals surface area contributed by atoms with Gasteiger partial charge in [0.1, 0.15) is 11.2 Å². The molecule has 0 saturated carbocycles. The molecular formula is C51H33N3O. The molecule has 0 N–H and O–H groups in total. The number of hydrogen-bond donors (Lipinski definition) is 0. The maximum atomic E-state index is 6.31. The average molecular weight is 704 g/mol. The normalized spacial score (nSPS) is 11.3. The van der Waals surface area contributed by atoms with Crippen molar-refractivity contribution < 1.29 is 4.42 Å². The van der Waals surface area contributed by atoms with Crippen LogP contribution in [0.1, 0.15) is 0 Å². The van der Waals surface area contributed by atoms with Gasteiger partial charge >= 0.3 is 0 Å². The Labute approximate surface area is 319 Å². The Kier molecular flexibility index (Phi) is 8.12. The van der Waals surface area contributed by atoms with E-state index in [1.165, 1.54) is 0 Å². The highest BCUT2D eigenvalue weighted by atomic mass is 16.3. The van der Waals surface area contributed by atoms with E-state index in [9.17, 15) is 0 Å². The van der Waals surface area contributed by atoms with Gasteiger partial charge in [0, 0.05) is 27.5 Å². The fourth-order valence-corrected chi connectivity index (χ4v) is 7.37. The first-order valence-corrected chi connectivity index (χ1v) is 18.4. The molecule has 0 atom stereocenters. The van der Waals surface area contributed by atoms with Crippen molar-refractivity contribution in [3.05, 3.63) is 200 Å². The average Bonchev–Trinajstić information content (AvgIpc) is 3.66. The molecule has 0 spiro atoms. The quantitative estimate of drug-likeness (QED) is 0.166. The number of fused-ring (bicyclic) bond motifs is 3. The molecule has 0 unspecified atom stereocenters. The third kappa shape index (κ3) is 6.26. The molecule has 55 heavy (non-hydrogen) atoms. The zero-order chi connectivity index (χ0) is 36.6. The van der Waals surface area contributed by atoms with Crippen molar-refractivity contribution in [2.45, 2.75) is 0 Å². The highest BCUT2D eigenvalue weighted by Crippen LogP contribution is 2.40. The van der Waals surface area contributed by atoms with Crippen LogP contribution in [0.4, 0.5) is 0 Å². The third-order valence-corrected chi connectivity index (χ3v) is 10.1. The van der Waals surface area contributed by atoms with E-state index in [0.29, 0.717) is 17.5 Å². The summed E-state index contributed by atoms with van der Waals surface area (Å²) >= 11 is 0. The molecule has 2 aromatic heterocycles. The van der Waals surface area contributed by atoms with Crippen LogP contribution in [-0.4, -0.2) is 15.0 Å². The van der Waals surface area contributed by atoms with Crippen LogP contribution < -0.4 is 0 Å². The van der Waals surface area contributed by atoms with E-state index in [0.717, 1.165) is 83.1 Å². The summed E-state index contributed by atoms with van der Waals surface area (Å²) in [4.78, 5) is 15.5. The van der Waals surface area contributed by atoms with Gasteiger partial charge in [-0.05, 0) is 74.8 Å². The molecule has 10 aromatic rings. The molecule has 8 aromatic carbocycles. The van der Waals surface area contributed by atoms with Gasteiger partial charge in [-0.3, -0.25) is 0 Å². The molecule has 0 bridgehead atoms. The summed E-state index contributed by atoms with van der Waals surface area (Å²) in [5.41, 5.74) is 13.4. The number of rotatable bonds is 7. The molecule has 258 valence electrons. The minimum absolute atomic E-state index is 0.600. The minimum atomic E-state index is 0.600. The molecule has 0 saturated heterocycles. The summed E-state index contributed by atoms with van der Waals surface area (Å²) in [6, 6.07) is 69.3. The number of para-hydroxylation sites is 1. The lowest BCUT2D eigenvalue weighted by Crippen LogP contribution is -2.01. The van der Waals surface area contributed by atoms with Crippen molar-refractivity contribution in [2.24, 2.45) is 0 Å². The second-order valence-corrected chi connectivity index (χ2v) is 13.6. The zero-order valence-electron chi connectivity index (χ0n) is 29.8. The molecule has 10 rings (SSSR count). The Balaban J connectivity index is 1.16. The summed E-state index contributed by atoms with van der Waals surface area (Å²) in [7, 11) is 0. The topological polar surface area (TPSA) is 51.8 Å². The zero-order valence-corrected chi connectivity index (χ0v) is 29.8. The van der Waals surface area contributed by atoms with E-state index in [-0.39, 0.29) is 0 Å². The van der Waals surface area contributed by atoms with Gasteiger partial charge in [-0.2, -0.15) is 0 Å². The van der Waals surface area contributed by atoms with E-state index in [2.05, 4.69) is 164 Å². The van der Waals surface area contributed by atoms with Crippen LogP contribution in [0.25, 0.3) is 101 Å². The fraction of sp³-hybridized carbons (Fsp3) is 0. The van der Waals surface area contributed by atoms with Crippen molar-refractivity contribution in [3.63, 3.8) is 0 Å². The van der Waals surface area contributed by atoms with Crippen LogP contribution in [0.5, 0.6) is 0 Å². The predicted octanol–water partition coefficient (Wildman–Crippen LogP) is 13.4. The number of furan rings is 1. The van der Waals surface area contributed by atoms with Crippen LogP contribution in [0.3, 0.4) is 0 Å². The van der Waals surface area contributed by atoms with Crippen LogP contribution in [0.2, 0.25) is 0 Å². The fourth-order valence-electron chi connectivity index (χ4n) is 7.37. The van der Waals surface area contributed by atoms with Crippen LogP contribution in [0.15, 0.2) is 205 Å². The molecular weight excluding hydrogens is 671 g/mol. The van der Waals surface area contributed by atoms with Crippen LogP contribution >= 0.6 is 0 Å². The molecule has 4 nitrogen and oxygen atoms in total. The minimum Gasteiger partial charge on any atom is -0.456 e. The lowest BCUT2D eigenvalue weighted by atomic mass is 9.93. The number of nitrogens with zero attached hydrogens (tertiary/aromatic N) is 3. The van der Waals surface area contributed by atoms with Gasteiger partial charge in [0.15, 0.2) is 17.5 Å². The van der Waals surface area contributed by atoms with Gasteiger partial charge in [-0.15, -0.1) is 0 Å². The molecule has 0 amide bonds. The Hall–Kier alpha value is -7.43. The van der Waals surface area contributed by atoms with Gasteiger partial charge in [0.25, 0.3) is 0 Å². The lowest BCUT2D eigenvalue weighted by Gasteiger charge is -2.13. The van der Waals surface area contributed by atoms with Gasteiger partial charge in [-0.25, -0.2) is 15.0 Å². The lowest BCUT2D eigenvalue weighted by molar-refractivity contribution is 0.669. The first-order valence-electron chi connectivity index (χ1n) is 18.4. The van der Waals surface area contributed by atoms with Crippen molar-refractivity contribution in [3.8, 4) is 78.7 Å². The highest BCUT2D eigenvalue weighted by Gasteiger charge is 2.18. The van der Waals surface area contributed by atoms with E-state index in [1.54, 1.807) is 0 Å². The Morgan fingerprint density at radius 2 is 0.673 bits per heavy atom. The Bertz CT molecular complexity index is 2840. The predicted molar refractivity (Wildman–Crippen MR) is 225 cm³/mol. The second kappa shape index (κ2) is 13.8. The van der Waals surface area contributed by atoms with Crippen molar-refractivity contribution >= 4 is 21.9 Å². The van der Waals surface area contributed by atoms with E-state index >= 15 is 0 Å². The van der Waals surface area contributed by atoms with E-state index in [4.69, 9.17) is 19.4 Å². The maximum Gasteiger partial charge on any atom is 0.164 e. The van der Waals surface area contributed by atoms with Gasteiger partial charge in [0.2, 0.25) is 0 Å². The molecule has 0 radical (unpaired) electrons. The standard InChI is InChI=1S/C51H33N3O/c1-4-13-34(14-5-1)37-23-27-39(28-24-37)49-52-50(40-29-25-38(26-30-40)35-15-6-2-7-16-35)54-51(53-49)43-32-41(36-17-8-3-9-18-36)31-42(33-43)44-20-12-22-47-48(44)45-19-10-11-21-46(45)55-47/h1-33H. The Morgan fingerprint density at radius 3 is 1.24 bits per heavy atom. The monoisotopic (exact) mass is 703 g/mol. The number of hydrogen-bond acceptors (Lipinski definition) is 4. The van der Waals surface area contributed by atoms with E-state index < -0.39 is 0 Å². The summed E-state index contributed by atoms with van der Waals surface area (Å²) in [6.45, 7) is 0. The van der Waals surface area contributed by atoms with Crippen molar-refractivity contribution in [1.29, 1.82) is 0 Å². The highest BCUT2D eigenvalue weighted by molar-refractivity contribution is 6.12. The Morgan fingerprint density at radius 1 is 0.273 bits per heavy atom. The van der Waals surface area contributed by atoms with Gasteiger partial charge in [-0.1, -0.05) is 170 Å². The van der Waals surface area contributed by atoms with Gasteiger partial charge < -0.3 is 4.42 Å². The molecule has 0 aliphatic heterocycles.